The van der Waals surface area contributed by atoms with Crippen LogP contribution >= 0.6 is 0 Å². The van der Waals surface area contributed by atoms with E-state index >= 15 is 4.39 Å². The molecule has 1 aromatic heterocycles. The van der Waals surface area contributed by atoms with Gasteiger partial charge in [0.2, 0.25) is 0 Å². The van der Waals surface area contributed by atoms with Gasteiger partial charge >= 0.3 is 6.09 Å². The number of carbonyl (C=O) groups is 2. The Balaban J connectivity index is 1.47. The number of amides is 2. The molecule has 2 amide bonds. The molecule has 1 aliphatic rings. The number of rotatable bonds is 5. The van der Waals surface area contributed by atoms with Crippen molar-refractivity contribution in [2.45, 2.75) is 51.7 Å². The zero-order valence-corrected chi connectivity index (χ0v) is 23.4. The third kappa shape index (κ3) is 6.58. The molecule has 0 bridgehead atoms. The summed E-state index contributed by atoms with van der Waals surface area (Å²) >= 11 is 0. The first-order chi connectivity index (χ1) is 19.8. The SMILES string of the molecule is CC(C)(C)OC(=O)NCc1cc2cc(-c3ccc(C(=O)N4CCC(F)(F)CC4)cc3F)cc(-c3ccc(F)cc3)c2o1. The zero-order valence-electron chi connectivity index (χ0n) is 23.4. The highest BCUT2D eigenvalue weighted by Gasteiger charge is 2.36. The van der Waals surface area contributed by atoms with Crippen LogP contribution in [0.15, 0.2) is 65.1 Å². The van der Waals surface area contributed by atoms with Crippen LogP contribution in [0.5, 0.6) is 0 Å². The second kappa shape index (κ2) is 11.2. The highest BCUT2D eigenvalue weighted by Crippen LogP contribution is 2.37. The molecule has 10 heteroatoms. The van der Waals surface area contributed by atoms with Crippen LogP contribution in [0.4, 0.5) is 22.4 Å². The molecular weight excluding hydrogens is 552 g/mol. The van der Waals surface area contributed by atoms with Gasteiger partial charge in [0.25, 0.3) is 11.8 Å². The Morgan fingerprint density at radius 3 is 2.26 bits per heavy atom. The maximum atomic E-state index is 15.5. The van der Waals surface area contributed by atoms with E-state index in [4.69, 9.17) is 9.15 Å². The lowest BCUT2D eigenvalue weighted by atomic mass is 9.95. The van der Waals surface area contributed by atoms with Gasteiger partial charge in [-0.3, -0.25) is 4.79 Å². The summed E-state index contributed by atoms with van der Waals surface area (Å²) in [6.45, 7) is 5.09. The molecule has 0 spiro atoms. The lowest BCUT2D eigenvalue weighted by Gasteiger charge is -2.31. The van der Waals surface area contributed by atoms with Gasteiger partial charge < -0.3 is 19.4 Å². The predicted octanol–water partition coefficient (Wildman–Crippen LogP) is 7.94. The van der Waals surface area contributed by atoms with Crippen LogP contribution in [-0.2, 0) is 11.3 Å². The summed E-state index contributed by atoms with van der Waals surface area (Å²) in [5.41, 5.74) is 1.73. The number of benzene rings is 3. The van der Waals surface area contributed by atoms with Gasteiger partial charge in [0.15, 0.2) is 0 Å². The number of ether oxygens (including phenoxy) is 1. The molecule has 42 heavy (non-hydrogen) atoms. The van der Waals surface area contributed by atoms with E-state index in [-0.39, 0.29) is 30.8 Å². The Morgan fingerprint density at radius 1 is 0.929 bits per heavy atom. The van der Waals surface area contributed by atoms with Crippen molar-refractivity contribution in [3.05, 3.63) is 83.6 Å². The van der Waals surface area contributed by atoms with Gasteiger partial charge in [-0.25, -0.2) is 22.4 Å². The number of fused-ring (bicyclic) bond motifs is 1. The van der Waals surface area contributed by atoms with Crippen molar-refractivity contribution in [2.24, 2.45) is 0 Å². The molecule has 0 atom stereocenters. The number of nitrogens with zero attached hydrogens (tertiary/aromatic N) is 1. The van der Waals surface area contributed by atoms with Gasteiger partial charge in [-0.05, 0) is 74.4 Å². The van der Waals surface area contributed by atoms with E-state index in [1.54, 1.807) is 51.1 Å². The van der Waals surface area contributed by atoms with Crippen LogP contribution in [0.3, 0.4) is 0 Å². The first-order valence-electron chi connectivity index (χ1n) is 13.5. The molecule has 0 aliphatic carbocycles. The molecule has 4 aromatic rings. The Morgan fingerprint density at radius 2 is 1.62 bits per heavy atom. The van der Waals surface area contributed by atoms with Crippen LogP contribution in [0.1, 0.15) is 49.7 Å². The quantitative estimate of drug-likeness (QED) is 0.243. The molecule has 220 valence electrons. The third-order valence-electron chi connectivity index (χ3n) is 6.94. The van der Waals surface area contributed by atoms with E-state index in [2.05, 4.69) is 5.32 Å². The molecule has 1 N–H and O–H groups in total. The minimum atomic E-state index is -2.80. The Hall–Kier alpha value is -4.34. The Bertz CT molecular complexity index is 1630. The van der Waals surface area contributed by atoms with Crippen molar-refractivity contribution in [1.82, 2.24) is 10.2 Å². The van der Waals surface area contributed by atoms with Crippen molar-refractivity contribution in [2.75, 3.05) is 13.1 Å². The summed E-state index contributed by atoms with van der Waals surface area (Å²) in [5, 5.41) is 3.26. The number of likely N-dealkylation sites (tertiary alicyclic amines) is 1. The van der Waals surface area contributed by atoms with Gasteiger partial charge in [-0.1, -0.05) is 18.2 Å². The first kappa shape index (κ1) is 29.2. The second-order valence-electron chi connectivity index (χ2n) is 11.4. The number of piperidine rings is 1. The number of nitrogens with one attached hydrogen (secondary N) is 1. The topological polar surface area (TPSA) is 71.8 Å². The van der Waals surface area contributed by atoms with Gasteiger partial charge in [0.05, 0.1) is 6.54 Å². The largest absolute Gasteiger partial charge is 0.459 e. The normalized spacial score (nSPS) is 15.1. The van der Waals surface area contributed by atoms with Crippen LogP contribution in [0, 0.1) is 11.6 Å². The van der Waals surface area contributed by atoms with Crippen molar-refractivity contribution in [3.63, 3.8) is 0 Å². The molecular formula is C32H30F4N2O4. The maximum absolute atomic E-state index is 15.5. The summed E-state index contributed by atoms with van der Waals surface area (Å²) in [4.78, 5) is 26.3. The number of hydrogen-bond donors (Lipinski definition) is 1. The molecule has 2 heterocycles. The molecule has 0 saturated carbocycles. The highest BCUT2D eigenvalue weighted by atomic mass is 19.3. The van der Waals surface area contributed by atoms with Gasteiger partial charge in [0.1, 0.15) is 28.6 Å². The summed E-state index contributed by atoms with van der Waals surface area (Å²) in [6, 6.07) is 15.0. The fourth-order valence-corrected chi connectivity index (χ4v) is 4.87. The Kier molecular flexibility index (Phi) is 7.74. The number of furan rings is 1. The summed E-state index contributed by atoms with van der Waals surface area (Å²) in [5.74, 6) is -3.97. The van der Waals surface area contributed by atoms with Crippen molar-refractivity contribution < 1.29 is 36.3 Å². The second-order valence-corrected chi connectivity index (χ2v) is 11.4. The molecule has 1 saturated heterocycles. The monoisotopic (exact) mass is 582 g/mol. The molecule has 1 fully saturated rings. The van der Waals surface area contributed by atoms with Crippen LogP contribution in [0.25, 0.3) is 33.2 Å². The number of alkyl halides is 2. The van der Waals surface area contributed by atoms with E-state index in [1.165, 1.54) is 29.2 Å². The molecule has 0 radical (unpaired) electrons. The van der Waals surface area contributed by atoms with E-state index in [0.29, 0.717) is 33.4 Å². The Labute approximate surface area is 240 Å². The van der Waals surface area contributed by atoms with E-state index in [9.17, 15) is 22.8 Å². The molecule has 0 unspecified atom stereocenters. The maximum Gasteiger partial charge on any atom is 0.408 e. The number of carbonyl (C=O) groups excluding carboxylic acids is 2. The highest BCUT2D eigenvalue weighted by molar-refractivity contribution is 5.98. The predicted molar refractivity (Wildman–Crippen MR) is 150 cm³/mol. The number of hydrogen-bond acceptors (Lipinski definition) is 4. The van der Waals surface area contributed by atoms with Crippen molar-refractivity contribution in [1.29, 1.82) is 0 Å². The molecule has 6 nitrogen and oxygen atoms in total. The van der Waals surface area contributed by atoms with Crippen molar-refractivity contribution >= 4 is 23.0 Å². The average Bonchev–Trinajstić information content (AvgIpc) is 3.34. The number of alkyl carbamates (subject to hydrolysis) is 1. The lowest BCUT2D eigenvalue weighted by Crippen LogP contribution is -2.42. The lowest BCUT2D eigenvalue weighted by molar-refractivity contribution is -0.0494. The zero-order chi connectivity index (χ0) is 30.2. The van der Waals surface area contributed by atoms with Crippen LogP contribution in [-0.4, -0.2) is 41.5 Å². The van der Waals surface area contributed by atoms with Gasteiger partial charge in [-0.2, -0.15) is 0 Å². The van der Waals surface area contributed by atoms with Crippen LogP contribution < -0.4 is 5.32 Å². The van der Waals surface area contributed by atoms with E-state index in [0.717, 1.165) is 6.07 Å². The minimum Gasteiger partial charge on any atom is -0.459 e. The van der Waals surface area contributed by atoms with E-state index in [1.807, 2.05) is 0 Å². The van der Waals surface area contributed by atoms with Gasteiger partial charge in [0, 0.05) is 48.0 Å². The number of halogens is 4. The summed E-state index contributed by atoms with van der Waals surface area (Å²) < 4.78 is 67.6. The fraction of sp³-hybridized carbons (Fsp3) is 0.312. The average molecular weight is 583 g/mol. The van der Waals surface area contributed by atoms with Crippen molar-refractivity contribution in [3.8, 4) is 22.3 Å². The minimum absolute atomic E-state index is 0.0371. The standard InChI is InChI=1S/C32H30F4N2O4/c1-31(2,3)42-30(40)37-18-24-15-22-14-21(16-26(28(22)41-24)19-4-7-23(33)8-5-19)25-9-6-20(17-27(25)34)29(39)38-12-10-32(35,36)11-13-38/h4-9,14-17H,10-13,18H2,1-3H3,(H,37,40). The first-order valence-corrected chi connectivity index (χ1v) is 13.5. The third-order valence-corrected chi connectivity index (χ3v) is 6.94. The van der Waals surface area contributed by atoms with E-state index < -0.39 is 48.0 Å². The summed E-state index contributed by atoms with van der Waals surface area (Å²) in [6.07, 6.45) is -1.46. The molecule has 3 aromatic carbocycles. The van der Waals surface area contributed by atoms with Crippen LogP contribution in [0.2, 0.25) is 0 Å². The fourth-order valence-electron chi connectivity index (χ4n) is 4.87. The molecule has 1 aliphatic heterocycles. The van der Waals surface area contributed by atoms with Gasteiger partial charge in [-0.15, -0.1) is 0 Å². The summed E-state index contributed by atoms with van der Waals surface area (Å²) in [7, 11) is 0. The smallest absolute Gasteiger partial charge is 0.408 e. The molecule has 5 rings (SSSR count).